The lowest BCUT2D eigenvalue weighted by Gasteiger charge is -2.21. The molecular formula is C10H14N4O5S. The van der Waals surface area contributed by atoms with Gasteiger partial charge in [-0.15, -0.1) is 0 Å². The van der Waals surface area contributed by atoms with E-state index in [9.17, 15) is 23.3 Å². The maximum Gasteiger partial charge on any atom is 0.291 e. The van der Waals surface area contributed by atoms with Crippen molar-refractivity contribution in [1.29, 1.82) is 0 Å². The third kappa shape index (κ3) is 3.22. The van der Waals surface area contributed by atoms with E-state index in [2.05, 4.69) is 0 Å². The third-order valence-corrected chi connectivity index (χ3v) is 4.18. The molecule has 0 fully saturated rings. The molecule has 10 heteroatoms. The highest BCUT2D eigenvalue weighted by molar-refractivity contribution is 7.89. The molecule has 0 heterocycles. The summed E-state index contributed by atoms with van der Waals surface area (Å²) >= 11 is 0. The number of nitrogens with two attached hydrogens (primary N) is 2. The van der Waals surface area contributed by atoms with E-state index in [1.165, 1.54) is 19.9 Å². The van der Waals surface area contributed by atoms with Crippen LogP contribution in [0.2, 0.25) is 0 Å². The van der Waals surface area contributed by atoms with Gasteiger partial charge in [0.05, 0.1) is 4.92 Å². The molecule has 1 aromatic rings. The second-order valence-corrected chi connectivity index (χ2v) is 6.23. The lowest BCUT2D eigenvalue weighted by atomic mass is 10.1. The van der Waals surface area contributed by atoms with Crippen LogP contribution in [0.15, 0.2) is 23.1 Å². The van der Waals surface area contributed by atoms with Crippen LogP contribution in [0.4, 0.5) is 11.4 Å². The van der Waals surface area contributed by atoms with Crippen molar-refractivity contribution in [1.82, 2.24) is 4.72 Å². The summed E-state index contributed by atoms with van der Waals surface area (Å²) in [5.74, 6) is -0.917. The molecule has 20 heavy (non-hydrogen) atoms. The van der Waals surface area contributed by atoms with Gasteiger partial charge in [0.15, 0.2) is 4.90 Å². The van der Waals surface area contributed by atoms with Crippen molar-refractivity contribution in [3.05, 3.63) is 28.3 Å². The van der Waals surface area contributed by atoms with E-state index in [0.717, 1.165) is 12.1 Å². The fourth-order valence-corrected chi connectivity index (χ4v) is 2.88. The maximum atomic E-state index is 12.1. The van der Waals surface area contributed by atoms with Crippen LogP contribution in [0.5, 0.6) is 0 Å². The number of hydrogen-bond donors (Lipinski definition) is 3. The molecule has 0 aliphatic heterocycles. The van der Waals surface area contributed by atoms with Crippen LogP contribution >= 0.6 is 0 Å². The number of benzene rings is 1. The predicted octanol–water partition coefficient (Wildman–Crippen LogP) is -0.281. The molecule has 0 saturated carbocycles. The van der Waals surface area contributed by atoms with E-state index in [0.29, 0.717) is 0 Å². The number of carbonyl (C=O) groups is 1. The van der Waals surface area contributed by atoms with Gasteiger partial charge in [-0.2, -0.15) is 4.72 Å². The van der Waals surface area contributed by atoms with Gasteiger partial charge < -0.3 is 11.5 Å². The normalized spacial score (nSPS) is 12.1. The molecule has 0 atom stereocenters. The Labute approximate surface area is 115 Å². The van der Waals surface area contributed by atoms with Gasteiger partial charge in [0.25, 0.3) is 5.69 Å². The molecule has 1 rings (SSSR count). The Morgan fingerprint density at radius 2 is 1.95 bits per heavy atom. The Kier molecular flexibility index (Phi) is 4.01. The Morgan fingerprint density at radius 3 is 2.40 bits per heavy atom. The van der Waals surface area contributed by atoms with Crippen molar-refractivity contribution in [2.24, 2.45) is 5.73 Å². The molecule has 0 aliphatic rings. The fourth-order valence-electron chi connectivity index (χ4n) is 1.35. The first-order valence-electron chi connectivity index (χ1n) is 5.35. The number of hydrogen-bond acceptors (Lipinski definition) is 6. The van der Waals surface area contributed by atoms with E-state index >= 15 is 0 Å². The van der Waals surface area contributed by atoms with Gasteiger partial charge >= 0.3 is 0 Å². The molecule has 0 aliphatic carbocycles. The number of nitrogens with one attached hydrogen (secondary N) is 1. The standard InChI is InChI=1S/C10H14N4O5S/c1-10(2,9(12)15)13-20(18,19)8-4-3-6(11)5-7(8)14(16)17/h3-5,13H,11H2,1-2H3,(H2,12,15). The average molecular weight is 302 g/mol. The quantitative estimate of drug-likeness (QED) is 0.385. The Balaban J connectivity index is 3.37. The highest BCUT2D eigenvalue weighted by Crippen LogP contribution is 2.26. The van der Waals surface area contributed by atoms with Gasteiger partial charge in [0.2, 0.25) is 15.9 Å². The number of amides is 1. The molecule has 1 amide bonds. The summed E-state index contributed by atoms with van der Waals surface area (Å²) < 4.78 is 26.3. The topological polar surface area (TPSA) is 158 Å². The summed E-state index contributed by atoms with van der Waals surface area (Å²) in [6.45, 7) is 2.49. The second kappa shape index (κ2) is 5.06. The number of nitro benzene ring substituents is 1. The highest BCUT2D eigenvalue weighted by atomic mass is 32.2. The van der Waals surface area contributed by atoms with E-state index in [1.54, 1.807) is 0 Å². The van der Waals surface area contributed by atoms with Crippen LogP contribution in [-0.2, 0) is 14.8 Å². The van der Waals surface area contributed by atoms with Crippen molar-refractivity contribution in [3.63, 3.8) is 0 Å². The summed E-state index contributed by atoms with van der Waals surface area (Å²) in [4.78, 5) is 20.6. The lowest BCUT2D eigenvalue weighted by Crippen LogP contribution is -2.52. The van der Waals surface area contributed by atoms with E-state index in [-0.39, 0.29) is 5.69 Å². The Morgan fingerprint density at radius 1 is 1.40 bits per heavy atom. The van der Waals surface area contributed by atoms with Crippen molar-refractivity contribution in [2.45, 2.75) is 24.3 Å². The molecule has 0 radical (unpaired) electrons. The Hall–Kier alpha value is -2.20. The molecule has 110 valence electrons. The van der Waals surface area contributed by atoms with Crippen LogP contribution in [0, 0.1) is 10.1 Å². The first-order valence-corrected chi connectivity index (χ1v) is 6.83. The second-order valence-electron chi connectivity index (χ2n) is 4.58. The minimum atomic E-state index is -4.30. The minimum absolute atomic E-state index is 0.0461. The van der Waals surface area contributed by atoms with Crippen molar-refractivity contribution < 1.29 is 18.1 Å². The molecule has 0 unspecified atom stereocenters. The molecular weight excluding hydrogens is 288 g/mol. The average Bonchev–Trinajstić information content (AvgIpc) is 2.26. The number of nitro groups is 1. The van der Waals surface area contributed by atoms with Crippen LogP contribution in [0.1, 0.15) is 13.8 Å². The number of carbonyl (C=O) groups excluding carboxylic acids is 1. The first-order chi connectivity index (χ1) is 8.97. The van der Waals surface area contributed by atoms with Gasteiger partial charge in [0.1, 0.15) is 5.54 Å². The van der Waals surface area contributed by atoms with Crippen molar-refractivity contribution >= 4 is 27.3 Å². The van der Waals surface area contributed by atoms with Gasteiger partial charge in [-0.25, -0.2) is 8.42 Å². The van der Waals surface area contributed by atoms with E-state index in [4.69, 9.17) is 11.5 Å². The predicted molar refractivity (Wildman–Crippen MR) is 71.1 cm³/mol. The summed E-state index contributed by atoms with van der Waals surface area (Å²) in [6.07, 6.45) is 0. The van der Waals surface area contributed by atoms with Crippen molar-refractivity contribution in [3.8, 4) is 0 Å². The largest absolute Gasteiger partial charge is 0.399 e. The van der Waals surface area contributed by atoms with Gasteiger partial charge in [0, 0.05) is 11.8 Å². The number of rotatable bonds is 5. The first kappa shape index (κ1) is 15.9. The molecule has 0 bridgehead atoms. The lowest BCUT2D eigenvalue weighted by molar-refractivity contribution is -0.387. The summed E-state index contributed by atoms with van der Waals surface area (Å²) in [5, 5.41) is 10.9. The van der Waals surface area contributed by atoms with Crippen LogP contribution in [0.3, 0.4) is 0 Å². The zero-order valence-corrected chi connectivity index (χ0v) is 11.6. The maximum absolute atomic E-state index is 12.1. The van der Waals surface area contributed by atoms with Gasteiger partial charge in [-0.1, -0.05) is 0 Å². The number of primary amides is 1. The van der Waals surface area contributed by atoms with E-state index in [1.807, 2.05) is 4.72 Å². The molecule has 1 aromatic carbocycles. The van der Waals surface area contributed by atoms with Gasteiger partial charge in [-0.3, -0.25) is 14.9 Å². The molecule has 9 nitrogen and oxygen atoms in total. The summed E-state index contributed by atoms with van der Waals surface area (Å²) in [6, 6.07) is 3.12. The summed E-state index contributed by atoms with van der Waals surface area (Å²) in [5.41, 5.74) is 8.22. The molecule has 5 N–H and O–H groups in total. The SMILES string of the molecule is CC(C)(NS(=O)(=O)c1ccc(N)cc1[N+](=O)[O-])C(N)=O. The fraction of sp³-hybridized carbons (Fsp3) is 0.300. The van der Waals surface area contributed by atoms with Gasteiger partial charge in [-0.05, 0) is 26.0 Å². The summed E-state index contributed by atoms with van der Waals surface area (Å²) in [7, 11) is -4.30. The smallest absolute Gasteiger partial charge is 0.291 e. The van der Waals surface area contributed by atoms with Crippen LogP contribution in [0.25, 0.3) is 0 Å². The van der Waals surface area contributed by atoms with Crippen LogP contribution < -0.4 is 16.2 Å². The monoisotopic (exact) mass is 302 g/mol. The number of nitrogen functional groups attached to an aromatic ring is 1. The molecule has 0 aromatic heterocycles. The third-order valence-electron chi connectivity index (χ3n) is 2.47. The number of nitrogens with zero attached hydrogens (tertiary/aromatic N) is 1. The minimum Gasteiger partial charge on any atom is -0.399 e. The van der Waals surface area contributed by atoms with Crippen molar-refractivity contribution in [2.75, 3.05) is 5.73 Å². The van der Waals surface area contributed by atoms with E-state index < -0.39 is 37.0 Å². The Bertz CT molecular complexity index is 668. The zero-order chi connectivity index (χ0) is 15.7. The number of anilines is 1. The zero-order valence-electron chi connectivity index (χ0n) is 10.8. The van der Waals surface area contributed by atoms with Crippen LogP contribution in [-0.4, -0.2) is 24.8 Å². The highest BCUT2D eigenvalue weighted by Gasteiger charge is 2.34. The molecule has 0 spiro atoms. The molecule has 0 saturated heterocycles. The number of sulfonamides is 1.